The second-order valence-electron chi connectivity index (χ2n) is 10.1. The molecule has 1 fully saturated rings. The minimum absolute atomic E-state index is 0.193. The average molecular weight is 559 g/mol. The molecular formula is C31H22F4N4O2. The van der Waals surface area contributed by atoms with Crippen LogP contribution in [-0.4, -0.2) is 37.1 Å². The number of fused-ring (bicyclic) bond motifs is 2. The number of carbonyl (C=O) groups excluding carboxylic acids is 1. The number of halogens is 4. The average Bonchev–Trinajstić information content (AvgIpc) is 3.41. The van der Waals surface area contributed by atoms with Crippen LogP contribution in [0.1, 0.15) is 21.5 Å². The summed E-state index contributed by atoms with van der Waals surface area (Å²) in [6.45, 7) is 1.95. The van der Waals surface area contributed by atoms with Crippen molar-refractivity contribution < 1.29 is 26.9 Å². The maximum absolute atomic E-state index is 14.0. The summed E-state index contributed by atoms with van der Waals surface area (Å²) in [4.78, 5) is 17.8. The fraction of sp³-hybridized carbons (Fsp3) is 0.161. The fourth-order valence-corrected chi connectivity index (χ4v) is 5.69. The predicted molar refractivity (Wildman–Crippen MR) is 148 cm³/mol. The Hall–Kier alpha value is -4.86. The molecule has 1 N–H and O–H groups in total. The summed E-state index contributed by atoms with van der Waals surface area (Å²) < 4.78 is 59.7. The van der Waals surface area contributed by atoms with Gasteiger partial charge in [-0.3, -0.25) is 4.79 Å². The van der Waals surface area contributed by atoms with Crippen LogP contribution in [-0.2, 0) is 6.18 Å². The number of piperazine rings is 1. The lowest BCUT2D eigenvalue weighted by atomic mass is 9.86. The number of ketones is 1. The summed E-state index contributed by atoms with van der Waals surface area (Å²) in [5.74, 6) is -0.129. The molecule has 0 unspecified atom stereocenters. The van der Waals surface area contributed by atoms with Crippen molar-refractivity contribution in [3.05, 3.63) is 101 Å². The van der Waals surface area contributed by atoms with E-state index >= 15 is 0 Å². The van der Waals surface area contributed by atoms with Crippen molar-refractivity contribution in [2.75, 3.05) is 41.3 Å². The van der Waals surface area contributed by atoms with Gasteiger partial charge in [0.1, 0.15) is 11.3 Å². The number of hydrogen-bond donors (Lipinski definition) is 1. The van der Waals surface area contributed by atoms with Gasteiger partial charge in [-0.1, -0.05) is 41.6 Å². The molecule has 0 amide bonds. The van der Waals surface area contributed by atoms with Crippen LogP contribution in [0.2, 0.25) is 0 Å². The largest absolute Gasteiger partial charge is 0.416 e. The zero-order valence-electron chi connectivity index (χ0n) is 21.5. The van der Waals surface area contributed by atoms with Crippen molar-refractivity contribution in [3.8, 4) is 11.3 Å². The molecule has 7 rings (SSSR count). The number of carbonyl (C=O) groups is 1. The van der Waals surface area contributed by atoms with Crippen LogP contribution in [0.15, 0.2) is 83.4 Å². The minimum Gasteiger partial charge on any atom is -0.368 e. The van der Waals surface area contributed by atoms with Gasteiger partial charge in [0.25, 0.3) is 0 Å². The number of hydrogen-bond acceptors (Lipinski definition) is 6. The summed E-state index contributed by atoms with van der Waals surface area (Å²) in [5.41, 5.74) is 3.56. The molecule has 6 nitrogen and oxygen atoms in total. The van der Waals surface area contributed by atoms with E-state index in [9.17, 15) is 22.4 Å². The van der Waals surface area contributed by atoms with E-state index in [1.807, 2.05) is 23.1 Å². The summed E-state index contributed by atoms with van der Waals surface area (Å²) in [5, 5.41) is 8.19. The molecule has 1 aliphatic heterocycles. The van der Waals surface area contributed by atoms with Crippen molar-refractivity contribution in [1.29, 1.82) is 0 Å². The number of anilines is 4. The van der Waals surface area contributed by atoms with Crippen molar-refractivity contribution in [2.24, 2.45) is 0 Å². The van der Waals surface area contributed by atoms with Gasteiger partial charge >= 0.3 is 6.18 Å². The molecular weight excluding hydrogens is 536 g/mol. The molecule has 0 saturated carbocycles. The predicted octanol–water partition coefficient (Wildman–Crippen LogP) is 7.27. The molecule has 0 radical (unpaired) electrons. The van der Waals surface area contributed by atoms with E-state index < -0.39 is 17.6 Å². The van der Waals surface area contributed by atoms with Gasteiger partial charge in [0.15, 0.2) is 11.5 Å². The Morgan fingerprint density at radius 3 is 2.32 bits per heavy atom. The van der Waals surface area contributed by atoms with Gasteiger partial charge in [-0.25, -0.2) is 4.39 Å². The number of rotatable bonds is 4. The molecule has 41 heavy (non-hydrogen) atoms. The standard InChI is InChI=1S/C31H22F4N4O2/c32-19-6-4-7-20(16-19)36-24-17-25(28-27-26(24)29(40)22-9-1-2-10-23(22)30(27)41-37-28)39-13-11-38(12-14-39)21-8-3-5-18(15-21)31(33,34)35/h1-10,15-17,36H,11-14H2. The lowest BCUT2D eigenvalue weighted by Gasteiger charge is -2.38. The Balaban J connectivity index is 1.29. The van der Waals surface area contributed by atoms with E-state index in [2.05, 4.69) is 15.4 Å². The first-order chi connectivity index (χ1) is 19.8. The van der Waals surface area contributed by atoms with Crippen LogP contribution in [0.4, 0.5) is 40.3 Å². The summed E-state index contributed by atoms with van der Waals surface area (Å²) in [6, 6.07) is 20.3. The molecule has 1 saturated heterocycles. The van der Waals surface area contributed by atoms with E-state index in [-0.39, 0.29) is 5.78 Å². The molecule has 1 aliphatic carbocycles. The van der Waals surface area contributed by atoms with E-state index in [1.54, 1.807) is 30.3 Å². The van der Waals surface area contributed by atoms with Crippen LogP contribution in [0.3, 0.4) is 0 Å². The number of nitrogens with zero attached hydrogens (tertiary/aromatic N) is 3. The number of nitrogens with one attached hydrogen (secondary N) is 1. The first-order valence-corrected chi connectivity index (χ1v) is 13.1. The quantitative estimate of drug-likeness (QED) is 0.230. The van der Waals surface area contributed by atoms with Crippen molar-refractivity contribution in [1.82, 2.24) is 5.16 Å². The summed E-state index contributed by atoms with van der Waals surface area (Å²) in [6.07, 6.45) is -4.41. The van der Waals surface area contributed by atoms with Crippen molar-refractivity contribution in [3.63, 3.8) is 0 Å². The third-order valence-electron chi connectivity index (χ3n) is 7.64. The van der Waals surface area contributed by atoms with E-state index in [0.29, 0.717) is 82.3 Å². The van der Waals surface area contributed by atoms with Gasteiger partial charge in [0.05, 0.1) is 27.9 Å². The first kappa shape index (κ1) is 25.1. The SMILES string of the molecule is O=C1c2ccccc2-c2onc3c(N4CCN(c5cccc(C(F)(F)F)c5)CC4)cc(Nc4cccc(F)c4)c1c23. The highest BCUT2D eigenvalue weighted by Crippen LogP contribution is 2.46. The topological polar surface area (TPSA) is 61.6 Å². The minimum atomic E-state index is -4.41. The highest BCUT2D eigenvalue weighted by molar-refractivity contribution is 6.28. The zero-order valence-corrected chi connectivity index (χ0v) is 21.5. The lowest BCUT2D eigenvalue weighted by Crippen LogP contribution is -2.46. The van der Waals surface area contributed by atoms with E-state index in [0.717, 1.165) is 6.07 Å². The molecule has 5 aromatic rings. The van der Waals surface area contributed by atoms with Crippen LogP contribution < -0.4 is 15.1 Å². The Kier molecular flexibility index (Phi) is 5.74. The van der Waals surface area contributed by atoms with Gasteiger partial charge in [-0.15, -0.1) is 0 Å². The molecule has 10 heteroatoms. The third kappa shape index (κ3) is 4.26. The number of aromatic nitrogens is 1. The van der Waals surface area contributed by atoms with Crippen LogP contribution >= 0.6 is 0 Å². The monoisotopic (exact) mass is 558 g/mol. The Morgan fingerprint density at radius 2 is 1.56 bits per heavy atom. The number of benzene rings is 4. The van der Waals surface area contributed by atoms with Gasteiger partial charge in [-0.05, 0) is 42.5 Å². The van der Waals surface area contributed by atoms with Crippen molar-refractivity contribution >= 4 is 39.4 Å². The van der Waals surface area contributed by atoms with E-state index in [1.165, 1.54) is 24.3 Å². The highest BCUT2D eigenvalue weighted by atomic mass is 19.4. The first-order valence-electron chi connectivity index (χ1n) is 13.1. The van der Waals surface area contributed by atoms with Crippen LogP contribution in [0.25, 0.3) is 22.2 Å². The van der Waals surface area contributed by atoms with Crippen LogP contribution in [0, 0.1) is 5.82 Å². The number of alkyl halides is 3. The Labute approximate surface area is 231 Å². The fourth-order valence-electron chi connectivity index (χ4n) is 5.69. The Morgan fingerprint density at radius 1 is 0.829 bits per heavy atom. The molecule has 206 valence electrons. The van der Waals surface area contributed by atoms with Crippen LogP contribution in [0.5, 0.6) is 0 Å². The smallest absolute Gasteiger partial charge is 0.368 e. The molecule has 2 heterocycles. The maximum atomic E-state index is 14.0. The molecule has 0 atom stereocenters. The molecule has 0 bridgehead atoms. The van der Waals surface area contributed by atoms with Gasteiger partial charge in [0, 0.05) is 48.7 Å². The van der Waals surface area contributed by atoms with Gasteiger partial charge in [0.2, 0.25) is 0 Å². The molecule has 1 aromatic heterocycles. The summed E-state index contributed by atoms with van der Waals surface area (Å²) in [7, 11) is 0. The second kappa shape index (κ2) is 9.36. The molecule has 2 aliphatic rings. The molecule has 4 aromatic carbocycles. The highest BCUT2D eigenvalue weighted by Gasteiger charge is 2.35. The molecule has 0 spiro atoms. The normalized spacial score (nSPS) is 14.9. The van der Waals surface area contributed by atoms with Gasteiger partial charge < -0.3 is 19.6 Å². The Bertz CT molecular complexity index is 1820. The third-order valence-corrected chi connectivity index (χ3v) is 7.64. The van der Waals surface area contributed by atoms with Gasteiger partial charge in [-0.2, -0.15) is 13.2 Å². The van der Waals surface area contributed by atoms with Crippen molar-refractivity contribution in [2.45, 2.75) is 6.18 Å². The lowest BCUT2D eigenvalue weighted by molar-refractivity contribution is -0.137. The zero-order chi connectivity index (χ0) is 28.3. The summed E-state index contributed by atoms with van der Waals surface area (Å²) >= 11 is 0. The second-order valence-corrected chi connectivity index (χ2v) is 10.1. The maximum Gasteiger partial charge on any atom is 0.416 e. The van der Waals surface area contributed by atoms with E-state index in [4.69, 9.17) is 4.52 Å².